The van der Waals surface area contributed by atoms with Crippen molar-refractivity contribution in [3.8, 4) is 10.4 Å². The van der Waals surface area contributed by atoms with E-state index < -0.39 is 17.4 Å². The summed E-state index contributed by atoms with van der Waals surface area (Å²) in [5.74, 6) is -1.55. The molecule has 2 N–H and O–H groups in total. The summed E-state index contributed by atoms with van der Waals surface area (Å²) in [7, 11) is 0. The van der Waals surface area contributed by atoms with E-state index in [4.69, 9.17) is 0 Å². The van der Waals surface area contributed by atoms with Crippen molar-refractivity contribution >= 4 is 40.7 Å². The van der Waals surface area contributed by atoms with Crippen LogP contribution in [0.2, 0.25) is 0 Å². The van der Waals surface area contributed by atoms with E-state index in [9.17, 15) is 24.3 Å². The molecular formula is C25H27N3O5S. The van der Waals surface area contributed by atoms with Crippen LogP contribution in [0.4, 0.5) is 5.69 Å². The maximum Gasteiger partial charge on any atom is 0.303 e. The van der Waals surface area contributed by atoms with Crippen molar-refractivity contribution in [2.24, 2.45) is 5.41 Å². The number of carboxylic acids is 1. The maximum absolute atomic E-state index is 13.4. The summed E-state index contributed by atoms with van der Waals surface area (Å²) < 4.78 is 0. The standard InChI is InChI=1S/C25H27N3O5S/c29-21(13-25(14-22(30)31)7-1-2-8-25)27-9-10-28-19(15-27)23(32)26-18-6-5-16(12-17(18)24(28)33)20-4-3-11-34-20/h3-6,11-12,19H,1-2,7-10,13-15H2,(H,26,32)(H,30,31). The van der Waals surface area contributed by atoms with E-state index in [1.54, 1.807) is 27.2 Å². The van der Waals surface area contributed by atoms with Crippen LogP contribution in [0.1, 0.15) is 48.9 Å². The van der Waals surface area contributed by atoms with Crippen molar-refractivity contribution in [3.05, 3.63) is 41.3 Å². The van der Waals surface area contributed by atoms with Gasteiger partial charge in [0.2, 0.25) is 11.8 Å². The topological polar surface area (TPSA) is 107 Å². The third kappa shape index (κ3) is 4.20. The Morgan fingerprint density at radius 2 is 1.91 bits per heavy atom. The molecule has 2 aliphatic heterocycles. The summed E-state index contributed by atoms with van der Waals surface area (Å²) in [6, 6.07) is 8.63. The molecule has 3 aliphatic rings. The van der Waals surface area contributed by atoms with Gasteiger partial charge in [-0.25, -0.2) is 0 Å². The molecule has 1 unspecified atom stereocenters. The minimum atomic E-state index is -0.882. The highest BCUT2D eigenvalue weighted by atomic mass is 32.1. The number of hydrogen-bond acceptors (Lipinski definition) is 5. The van der Waals surface area contributed by atoms with E-state index in [1.807, 2.05) is 29.6 Å². The number of fused-ring (bicyclic) bond motifs is 2. The Labute approximate surface area is 201 Å². The molecule has 0 radical (unpaired) electrons. The number of hydrogen-bond donors (Lipinski definition) is 2. The van der Waals surface area contributed by atoms with Crippen LogP contribution in [0, 0.1) is 5.41 Å². The van der Waals surface area contributed by atoms with Gasteiger partial charge in [-0.2, -0.15) is 0 Å². The molecule has 8 nitrogen and oxygen atoms in total. The van der Waals surface area contributed by atoms with E-state index in [-0.39, 0.29) is 43.7 Å². The van der Waals surface area contributed by atoms with E-state index in [0.717, 1.165) is 36.1 Å². The second-order valence-corrected chi connectivity index (χ2v) is 10.5. The number of carboxylic acid groups (broad SMARTS) is 1. The Balaban J connectivity index is 1.34. The number of benzene rings is 1. The molecule has 34 heavy (non-hydrogen) atoms. The highest BCUT2D eigenvalue weighted by Crippen LogP contribution is 2.44. The average molecular weight is 482 g/mol. The third-order valence-electron chi connectivity index (χ3n) is 7.33. The maximum atomic E-state index is 13.4. The van der Waals surface area contributed by atoms with Gasteiger partial charge in [0.15, 0.2) is 0 Å². The molecule has 9 heteroatoms. The van der Waals surface area contributed by atoms with E-state index in [0.29, 0.717) is 17.8 Å². The fourth-order valence-corrected chi connectivity index (χ4v) is 6.29. The molecule has 1 aromatic carbocycles. The largest absolute Gasteiger partial charge is 0.481 e. The van der Waals surface area contributed by atoms with Crippen LogP contribution in [0.5, 0.6) is 0 Å². The highest BCUT2D eigenvalue weighted by molar-refractivity contribution is 7.13. The number of aliphatic carboxylic acids is 1. The molecule has 3 heterocycles. The fourth-order valence-electron chi connectivity index (χ4n) is 5.57. The zero-order chi connectivity index (χ0) is 23.9. The summed E-state index contributed by atoms with van der Waals surface area (Å²) in [6.07, 6.45) is 3.48. The lowest BCUT2D eigenvalue weighted by atomic mass is 9.79. The second-order valence-electron chi connectivity index (χ2n) is 9.54. The molecule has 0 spiro atoms. The van der Waals surface area contributed by atoms with Gasteiger partial charge in [-0.3, -0.25) is 19.2 Å². The van der Waals surface area contributed by atoms with E-state index in [2.05, 4.69) is 5.32 Å². The number of carbonyl (C=O) groups excluding carboxylic acids is 3. The third-order valence-corrected chi connectivity index (χ3v) is 8.25. The Kier molecular flexibility index (Phi) is 5.89. The SMILES string of the molecule is O=C(O)CC1(CC(=O)N2CCN3C(=O)c4cc(-c5cccs5)ccc4NC(=O)C3C2)CCCC1. The molecule has 2 aromatic rings. The predicted molar refractivity (Wildman–Crippen MR) is 128 cm³/mol. The van der Waals surface area contributed by atoms with Gasteiger partial charge < -0.3 is 20.2 Å². The number of thiophene rings is 1. The fraction of sp³-hybridized carbons (Fsp3) is 0.440. The minimum Gasteiger partial charge on any atom is -0.481 e. The van der Waals surface area contributed by atoms with Gasteiger partial charge in [-0.1, -0.05) is 25.0 Å². The van der Waals surface area contributed by atoms with Gasteiger partial charge >= 0.3 is 5.97 Å². The molecule has 1 atom stereocenters. The summed E-state index contributed by atoms with van der Waals surface area (Å²) >= 11 is 1.58. The van der Waals surface area contributed by atoms with Gasteiger partial charge in [0.1, 0.15) is 6.04 Å². The first-order valence-electron chi connectivity index (χ1n) is 11.6. The van der Waals surface area contributed by atoms with Crippen LogP contribution in [-0.2, 0) is 14.4 Å². The second kappa shape index (κ2) is 8.87. The Morgan fingerprint density at radius 1 is 1.12 bits per heavy atom. The number of carbonyl (C=O) groups is 4. The summed E-state index contributed by atoms with van der Waals surface area (Å²) in [4.78, 5) is 55.3. The Morgan fingerprint density at radius 3 is 2.62 bits per heavy atom. The number of nitrogens with one attached hydrogen (secondary N) is 1. The van der Waals surface area contributed by atoms with Crippen molar-refractivity contribution in [2.75, 3.05) is 25.0 Å². The van der Waals surface area contributed by atoms with E-state index in [1.165, 1.54) is 0 Å². The van der Waals surface area contributed by atoms with Crippen molar-refractivity contribution in [2.45, 2.75) is 44.6 Å². The first-order valence-corrected chi connectivity index (χ1v) is 12.5. The van der Waals surface area contributed by atoms with Crippen molar-refractivity contribution in [3.63, 3.8) is 0 Å². The first-order chi connectivity index (χ1) is 16.3. The highest BCUT2D eigenvalue weighted by Gasteiger charge is 2.43. The van der Waals surface area contributed by atoms with Crippen LogP contribution in [-0.4, -0.2) is 64.3 Å². The van der Waals surface area contributed by atoms with Gasteiger partial charge in [0.25, 0.3) is 5.91 Å². The molecule has 1 saturated carbocycles. The number of piperazine rings is 1. The summed E-state index contributed by atoms with van der Waals surface area (Å²) in [5, 5.41) is 14.2. The molecule has 5 rings (SSSR count). The van der Waals surface area contributed by atoms with Gasteiger partial charge in [-0.05, 0) is 47.4 Å². The number of amides is 3. The Hall–Kier alpha value is -3.20. The van der Waals surface area contributed by atoms with Crippen LogP contribution in [0.15, 0.2) is 35.7 Å². The Bertz CT molecular complexity index is 1140. The average Bonchev–Trinajstić information content (AvgIpc) is 3.49. The lowest BCUT2D eigenvalue weighted by Crippen LogP contribution is -2.59. The molecule has 178 valence electrons. The minimum absolute atomic E-state index is 0.0109. The number of anilines is 1. The van der Waals surface area contributed by atoms with Gasteiger partial charge in [0.05, 0.1) is 24.2 Å². The van der Waals surface area contributed by atoms with Gasteiger partial charge in [0, 0.05) is 24.4 Å². The van der Waals surface area contributed by atoms with Gasteiger partial charge in [-0.15, -0.1) is 11.3 Å². The zero-order valence-electron chi connectivity index (χ0n) is 18.8. The molecule has 2 fully saturated rings. The first kappa shape index (κ1) is 22.6. The predicted octanol–water partition coefficient (Wildman–Crippen LogP) is 3.45. The van der Waals surface area contributed by atoms with Crippen LogP contribution in [0.3, 0.4) is 0 Å². The van der Waals surface area contributed by atoms with Crippen LogP contribution in [0.25, 0.3) is 10.4 Å². The molecule has 1 aliphatic carbocycles. The summed E-state index contributed by atoms with van der Waals surface area (Å²) in [6.45, 7) is 0.708. The number of nitrogens with zero attached hydrogens (tertiary/aromatic N) is 2. The van der Waals surface area contributed by atoms with Crippen molar-refractivity contribution in [1.82, 2.24) is 9.80 Å². The summed E-state index contributed by atoms with van der Waals surface area (Å²) in [5.41, 5.74) is 1.35. The lowest BCUT2D eigenvalue weighted by Gasteiger charge is -2.40. The molecular weight excluding hydrogens is 454 g/mol. The quantitative estimate of drug-likeness (QED) is 0.680. The molecule has 1 saturated heterocycles. The van der Waals surface area contributed by atoms with Crippen molar-refractivity contribution in [1.29, 1.82) is 0 Å². The monoisotopic (exact) mass is 481 g/mol. The van der Waals surface area contributed by atoms with E-state index >= 15 is 0 Å². The van der Waals surface area contributed by atoms with Crippen LogP contribution >= 0.6 is 11.3 Å². The normalized spacial score (nSPS) is 21.5. The number of rotatable bonds is 5. The smallest absolute Gasteiger partial charge is 0.303 e. The van der Waals surface area contributed by atoms with Crippen molar-refractivity contribution < 1.29 is 24.3 Å². The molecule has 1 aromatic heterocycles. The molecule has 3 amide bonds. The zero-order valence-corrected chi connectivity index (χ0v) is 19.6. The van der Waals surface area contributed by atoms with Crippen LogP contribution < -0.4 is 5.32 Å². The molecule has 0 bridgehead atoms. The lowest BCUT2D eigenvalue weighted by molar-refractivity contribution is -0.142.